The van der Waals surface area contributed by atoms with Crippen LogP contribution in [0.1, 0.15) is 13.8 Å². The van der Waals surface area contributed by atoms with E-state index in [1.807, 2.05) is 26.0 Å². The van der Waals surface area contributed by atoms with Gasteiger partial charge in [0.05, 0.1) is 13.2 Å². The molecule has 0 radical (unpaired) electrons. The minimum absolute atomic E-state index is 0.0400. The standard InChI is InChI=1S/C14H18N4O3/c1-9(2)20-13-16-12(15-3)17-14(18-13)21-11-7-5-6-10(8-11)19-4/h5-9H,1-4H3,(H,15,16,17,18). The van der Waals surface area contributed by atoms with Gasteiger partial charge in [-0.1, -0.05) is 6.07 Å². The molecule has 0 saturated heterocycles. The van der Waals surface area contributed by atoms with Gasteiger partial charge in [0, 0.05) is 13.1 Å². The van der Waals surface area contributed by atoms with Crippen LogP contribution in [-0.2, 0) is 0 Å². The summed E-state index contributed by atoms with van der Waals surface area (Å²) in [7, 11) is 3.31. The molecule has 112 valence electrons. The molecule has 7 heteroatoms. The first-order valence-corrected chi connectivity index (χ1v) is 6.53. The highest BCUT2D eigenvalue weighted by Gasteiger charge is 2.10. The van der Waals surface area contributed by atoms with Crippen LogP contribution in [0.3, 0.4) is 0 Å². The van der Waals surface area contributed by atoms with Crippen molar-refractivity contribution in [3.63, 3.8) is 0 Å². The fourth-order valence-corrected chi connectivity index (χ4v) is 1.53. The van der Waals surface area contributed by atoms with Crippen LogP contribution in [0.25, 0.3) is 0 Å². The molecular weight excluding hydrogens is 272 g/mol. The molecule has 2 aromatic rings. The lowest BCUT2D eigenvalue weighted by atomic mass is 10.3. The molecule has 0 fully saturated rings. The van der Waals surface area contributed by atoms with Crippen molar-refractivity contribution in [1.29, 1.82) is 0 Å². The molecule has 1 N–H and O–H groups in total. The number of anilines is 1. The molecule has 0 amide bonds. The second-order valence-electron chi connectivity index (χ2n) is 4.42. The lowest BCUT2D eigenvalue weighted by molar-refractivity contribution is 0.218. The molecule has 0 atom stereocenters. The molecule has 1 aromatic heterocycles. The van der Waals surface area contributed by atoms with E-state index >= 15 is 0 Å². The van der Waals surface area contributed by atoms with Crippen molar-refractivity contribution in [2.45, 2.75) is 20.0 Å². The molecule has 1 aromatic carbocycles. The summed E-state index contributed by atoms with van der Waals surface area (Å²) in [4.78, 5) is 12.4. The van der Waals surface area contributed by atoms with E-state index in [-0.39, 0.29) is 18.1 Å². The molecular formula is C14H18N4O3. The van der Waals surface area contributed by atoms with Gasteiger partial charge in [0.25, 0.3) is 0 Å². The molecule has 7 nitrogen and oxygen atoms in total. The molecule has 21 heavy (non-hydrogen) atoms. The Hall–Kier alpha value is -2.57. The van der Waals surface area contributed by atoms with Crippen molar-refractivity contribution < 1.29 is 14.2 Å². The van der Waals surface area contributed by atoms with Gasteiger partial charge >= 0.3 is 12.0 Å². The Labute approximate surface area is 123 Å². The monoisotopic (exact) mass is 290 g/mol. The Morgan fingerprint density at radius 3 is 2.43 bits per heavy atom. The van der Waals surface area contributed by atoms with E-state index in [1.165, 1.54) is 0 Å². The Morgan fingerprint density at radius 1 is 1.05 bits per heavy atom. The smallest absolute Gasteiger partial charge is 0.330 e. The summed E-state index contributed by atoms with van der Waals surface area (Å²) in [6.07, 6.45) is -0.0400. The summed E-state index contributed by atoms with van der Waals surface area (Å²) in [6, 6.07) is 7.53. The second kappa shape index (κ2) is 6.74. The lowest BCUT2D eigenvalue weighted by Gasteiger charge is -2.10. The van der Waals surface area contributed by atoms with Gasteiger partial charge in [-0.05, 0) is 26.0 Å². The average molecular weight is 290 g/mol. The number of hydrogen-bond acceptors (Lipinski definition) is 7. The molecule has 0 aliphatic carbocycles. The number of nitrogens with one attached hydrogen (secondary N) is 1. The summed E-state index contributed by atoms with van der Waals surface area (Å²) in [6.45, 7) is 3.79. The van der Waals surface area contributed by atoms with Crippen LogP contribution < -0.4 is 19.5 Å². The van der Waals surface area contributed by atoms with Crippen LogP contribution in [0, 0.1) is 0 Å². The zero-order valence-corrected chi connectivity index (χ0v) is 12.5. The third kappa shape index (κ3) is 4.20. The second-order valence-corrected chi connectivity index (χ2v) is 4.42. The number of hydrogen-bond donors (Lipinski definition) is 1. The Balaban J connectivity index is 2.25. The molecule has 0 unspecified atom stereocenters. The van der Waals surface area contributed by atoms with Gasteiger partial charge in [0.2, 0.25) is 5.95 Å². The molecule has 2 rings (SSSR count). The molecule has 0 spiro atoms. The minimum Gasteiger partial charge on any atom is -0.497 e. The van der Waals surface area contributed by atoms with Crippen LogP contribution in [0.2, 0.25) is 0 Å². The van der Waals surface area contributed by atoms with Crippen LogP contribution in [0.4, 0.5) is 5.95 Å². The van der Waals surface area contributed by atoms with Crippen molar-refractivity contribution in [3.05, 3.63) is 24.3 Å². The zero-order chi connectivity index (χ0) is 15.2. The fraction of sp³-hybridized carbons (Fsp3) is 0.357. The molecule has 0 aliphatic heterocycles. The number of rotatable bonds is 6. The van der Waals surface area contributed by atoms with E-state index in [2.05, 4.69) is 20.3 Å². The molecule has 0 bridgehead atoms. The van der Waals surface area contributed by atoms with E-state index in [0.717, 1.165) is 0 Å². The van der Waals surface area contributed by atoms with Crippen molar-refractivity contribution in [3.8, 4) is 23.5 Å². The SMILES string of the molecule is CNc1nc(Oc2cccc(OC)c2)nc(OC(C)C)n1. The van der Waals surface area contributed by atoms with Gasteiger partial charge in [0.15, 0.2) is 0 Å². The summed E-state index contributed by atoms with van der Waals surface area (Å²) in [5.41, 5.74) is 0. The van der Waals surface area contributed by atoms with E-state index in [9.17, 15) is 0 Å². The predicted molar refractivity (Wildman–Crippen MR) is 78.2 cm³/mol. The van der Waals surface area contributed by atoms with Crippen LogP contribution in [0.15, 0.2) is 24.3 Å². The van der Waals surface area contributed by atoms with E-state index in [0.29, 0.717) is 17.4 Å². The zero-order valence-electron chi connectivity index (χ0n) is 12.5. The summed E-state index contributed by atoms with van der Waals surface area (Å²) in [5, 5.41) is 2.84. The maximum atomic E-state index is 5.62. The van der Waals surface area contributed by atoms with Crippen molar-refractivity contribution in [2.24, 2.45) is 0 Å². The fourth-order valence-electron chi connectivity index (χ4n) is 1.53. The number of methoxy groups -OCH3 is 1. The first kappa shape index (κ1) is 14.8. The van der Waals surface area contributed by atoms with Crippen molar-refractivity contribution in [1.82, 2.24) is 15.0 Å². The largest absolute Gasteiger partial charge is 0.497 e. The van der Waals surface area contributed by atoms with Gasteiger partial charge in [-0.25, -0.2) is 0 Å². The molecule has 0 aliphatic rings. The van der Waals surface area contributed by atoms with Gasteiger partial charge in [0.1, 0.15) is 11.5 Å². The van der Waals surface area contributed by atoms with Gasteiger partial charge < -0.3 is 19.5 Å². The van der Waals surface area contributed by atoms with Crippen LogP contribution >= 0.6 is 0 Å². The highest BCUT2D eigenvalue weighted by molar-refractivity contribution is 5.35. The summed E-state index contributed by atoms with van der Waals surface area (Å²) in [5.74, 6) is 1.63. The Morgan fingerprint density at radius 2 is 1.76 bits per heavy atom. The molecule has 0 saturated carbocycles. The number of aromatic nitrogens is 3. The van der Waals surface area contributed by atoms with Gasteiger partial charge in [-0.3, -0.25) is 0 Å². The van der Waals surface area contributed by atoms with Crippen LogP contribution in [-0.4, -0.2) is 35.2 Å². The Kier molecular flexibility index (Phi) is 4.76. The van der Waals surface area contributed by atoms with Gasteiger partial charge in [-0.2, -0.15) is 9.97 Å². The third-order valence-corrected chi connectivity index (χ3v) is 2.41. The number of nitrogens with zero attached hydrogens (tertiary/aromatic N) is 3. The highest BCUT2D eigenvalue weighted by atomic mass is 16.5. The predicted octanol–water partition coefficient (Wildman–Crippen LogP) is 2.50. The van der Waals surface area contributed by atoms with E-state index in [1.54, 1.807) is 26.3 Å². The number of benzene rings is 1. The van der Waals surface area contributed by atoms with E-state index in [4.69, 9.17) is 14.2 Å². The van der Waals surface area contributed by atoms with E-state index < -0.39 is 0 Å². The lowest BCUT2D eigenvalue weighted by Crippen LogP contribution is -2.11. The maximum absolute atomic E-state index is 5.62. The first-order valence-electron chi connectivity index (χ1n) is 6.53. The molecule has 1 heterocycles. The average Bonchev–Trinajstić information content (AvgIpc) is 2.46. The van der Waals surface area contributed by atoms with Crippen molar-refractivity contribution >= 4 is 5.95 Å². The third-order valence-electron chi connectivity index (χ3n) is 2.41. The Bertz CT molecular complexity index is 605. The van der Waals surface area contributed by atoms with Crippen molar-refractivity contribution in [2.75, 3.05) is 19.5 Å². The minimum atomic E-state index is -0.0400. The summed E-state index contributed by atoms with van der Waals surface area (Å²) >= 11 is 0. The normalized spacial score (nSPS) is 10.3. The maximum Gasteiger partial charge on any atom is 0.330 e. The highest BCUT2D eigenvalue weighted by Crippen LogP contribution is 2.24. The first-order chi connectivity index (χ1) is 10.1. The van der Waals surface area contributed by atoms with Gasteiger partial charge in [-0.15, -0.1) is 4.98 Å². The topological polar surface area (TPSA) is 78.4 Å². The number of ether oxygens (including phenoxy) is 3. The summed E-state index contributed by atoms with van der Waals surface area (Å²) < 4.78 is 16.2. The quantitative estimate of drug-likeness (QED) is 0.875. The van der Waals surface area contributed by atoms with Crippen LogP contribution in [0.5, 0.6) is 23.5 Å².